The van der Waals surface area contributed by atoms with E-state index in [4.69, 9.17) is 12.2 Å². The molecule has 0 spiro atoms. The van der Waals surface area contributed by atoms with Gasteiger partial charge in [0, 0.05) is 11.9 Å². The summed E-state index contributed by atoms with van der Waals surface area (Å²) in [6.45, 7) is 2.48. The van der Waals surface area contributed by atoms with Gasteiger partial charge >= 0.3 is 6.18 Å². The van der Waals surface area contributed by atoms with Crippen LogP contribution >= 0.6 is 12.2 Å². The number of nitrogens with zero attached hydrogens (tertiary/aromatic N) is 1. The first-order valence-electron chi connectivity index (χ1n) is 5.85. The molecule has 1 aromatic heterocycles. The highest BCUT2D eigenvalue weighted by molar-refractivity contribution is 7.71. The molecule has 2 nitrogen and oxygen atoms in total. The van der Waals surface area contributed by atoms with Crippen molar-refractivity contribution in [1.29, 1.82) is 0 Å². The van der Waals surface area contributed by atoms with E-state index >= 15 is 0 Å². The van der Waals surface area contributed by atoms with Crippen LogP contribution in [0, 0.1) is 4.77 Å². The quantitative estimate of drug-likeness (QED) is 0.840. The number of imidazole rings is 1. The fraction of sp³-hybridized carbons (Fsp3) is 0.308. The lowest BCUT2D eigenvalue weighted by Gasteiger charge is -2.09. The van der Waals surface area contributed by atoms with Crippen LogP contribution in [-0.2, 0) is 19.1 Å². The number of nitrogens with one attached hydrogen (secondary N) is 1. The molecule has 1 heterocycles. The Balaban J connectivity index is 2.25. The summed E-state index contributed by atoms with van der Waals surface area (Å²) in [5, 5.41) is 0. The summed E-state index contributed by atoms with van der Waals surface area (Å²) in [4.78, 5) is 2.94. The number of hydrogen-bond donors (Lipinski definition) is 1. The highest BCUT2D eigenvalue weighted by atomic mass is 32.1. The Labute approximate surface area is 113 Å². The van der Waals surface area contributed by atoms with Crippen LogP contribution in [0.3, 0.4) is 0 Å². The summed E-state index contributed by atoms with van der Waals surface area (Å²) in [5.74, 6) is 0. The Kier molecular flexibility index (Phi) is 3.80. The lowest BCUT2D eigenvalue weighted by Crippen LogP contribution is -2.06. The van der Waals surface area contributed by atoms with E-state index in [1.807, 2.05) is 17.7 Å². The second-order valence-electron chi connectivity index (χ2n) is 4.22. The number of hydrogen-bond acceptors (Lipinski definition) is 1. The molecule has 2 aromatic rings. The molecule has 0 aliphatic carbocycles. The van der Waals surface area contributed by atoms with Gasteiger partial charge in [0.15, 0.2) is 4.77 Å². The molecule has 0 radical (unpaired) electrons. The van der Waals surface area contributed by atoms with Crippen molar-refractivity contribution in [3.63, 3.8) is 0 Å². The minimum absolute atomic E-state index is 0.476. The molecular formula is C13H13F3N2S. The van der Waals surface area contributed by atoms with Crippen LogP contribution < -0.4 is 0 Å². The van der Waals surface area contributed by atoms with Crippen molar-refractivity contribution in [2.24, 2.45) is 0 Å². The molecule has 0 aliphatic heterocycles. The Morgan fingerprint density at radius 3 is 2.37 bits per heavy atom. The first kappa shape index (κ1) is 13.9. The van der Waals surface area contributed by atoms with Crippen molar-refractivity contribution in [1.82, 2.24) is 9.55 Å². The fourth-order valence-corrected chi connectivity index (χ4v) is 2.12. The molecule has 1 aromatic carbocycles. The summed E-state index contributed by atoms with van der Waals surface area (Å²) in [7, 11) is 0. The molecule has 2 rings (SSSR count). The number of halogens is 3. The first-order chi connectivity index (χ1) is 8.91. The van der Waals surface area contributed by atoms with Crippen molar-refractivity contribution >= 4 is 12.2 Å². The number of benzene rings is 1. The first-order valence-corrected chi connectivity index (χ1v) is 6.26. The minimum atomic E-state index is -4.29. The van der Waals surface area contributed by atoms with Crippen molar-refractivity contribution in [2.45, 2.75) is 26.1 Å². The van der Waals surface area contributed by atoms with Crippen LogP contribution in [0.2, 0.25) is 0 Å². The zero-order valence-electron chi connectivity index (χ0n) is 10.3. The number of aryl methyl sites for hydroxylation is 1. The summed E-state index contributed by atoms with van der Waals surface area (Å²) in [6.07, 6.45) is -1.66. The van der Waals surface area contributed by atoms with E-state index in [2.05, 4.69) is 4.98 Å². The summed E-state index contributed by atoms with van der Waals surface area (Å²) in [5.41, 5.74) is 1.19. The largest absolute Gasteiger partial charge is 0.416 e. The van der Waals surface area contributed by atoms with Crippen molar-refractivity contribution in [3.8, 4) is 0 Å². The van der Waals surface area contributed by atoms with Gasteiger partial charge in [-0.15, -0.1) is 0 Å². The molecule has 1 N–H and O–H groups in total. The van der Waals surface area contributed by atoms with Gasteiger partial charge in [0.2, 0.25) is 0 Å². The molecule has 0 bridgehead atoms. The molecular weight excluding hydrogens is 273 g/mol. The number of rotatable bonds is 3. The van der Waals surface area contributed by atoms with Crippen LogP contribution in [0.5, 0.6) is 0 Å². The minimum Gasteiger partial charge on any atom is -0.337 e. The predicted octanol–water partition coefficient (Wildman–Crippen LogP) is 4.18. The van der Waals surface area contributed by atoms with Gasteiger partial charge in [-0.2, -0.15) is 13.2 Å². The smallest absolute Gasteiger partial charge is 0.337 e. The topological polar surface area (TPSA) is 20.7 Å². The highest BCUT2D eigenvalue weighted by Gasteiger charge is 2.29. The second kappa shape index (κ2) is 5.21. The third-order valence-corrected chi connectivity index (χ3v) is 3.28. The number of alkyl halides is 3. The Morgan fingerprint density at radius 1 is 1.21 bits per heavy atom. The van der Waals surface area contributed by atoms with Crippen LogP contribution in [0.1, 0.15) is 23.7 Å². The molecule has 6 heteroatoms. The zero-order valence-corrected chi connectivity index (χ0v) is 11.1. The fourth-order valence-electron chi connectivity index (χ4n) is 1.88. The number of H-pyrrole nitrogens is 1. The van der Waals surface area contributed by atoms with Gasteiger partial charge in [0.1, 0.15) is 0 Å². The van der Waals surface area contributed by atoms with Crippen molar-refractivity contribution in [3.05, 3.63) is 52.1 Å². The SMILES string of the molecule is CCc1c[nH]c(=S)n1Cc1ccc(C(F)(F)F)cc1. The molecule has 0 aliphatic rings. The molecule has 0 amide bonds. The molecule has 0 saturated carbocycles. The lowest BCUT2D eigenvalue weighted by molar-refractivity contribution is -0.137. The third kappa shape index (κ3) is 3.07. The highest BCUT2D eigenvalue weighted by Crippen LogP contribution is 2.29. The lowest BCUT2D eigenvalue weighted by atomic mass is 10.1. The van der Waals surface area contributed by atoms with E-state index in [0.29, 0.717) is 11.3 Å². The van der Waals surface area contributed by atoms with Gasteiger partial charge in [-0.05, 0) is 36.3 Å². The predicted molar refractivity (Wildman–Crippen MR) is 69.5 cm³/mol. The normalized spacial score (nSPS) is 11.8. The standard InChI is InChI=1S/C13H13F3N2S/c1-2-11-7-17-12(19)18(11)8-9-3-5-10(6-4-9)13(14,15)16/h3-7H,2,8H2,1H3,(H,17,19). The van der Waals surface area contributed by atoms with Gasteiger partial charge in [-0.3, -0.25) is 0 Å². The maximum atomic E-state index is 12.5. The molecule has 0 saturated heterocycles. The molecule has 0 unspecified atom stereocenters. The second-order valence-corrected chi connectivity index (χ2v) is 4.61. The van der Waals surface area contributed by atoms with Crippen LogP contribution in [0.15, 0.2) is 30.5 Å². The van der Waals surface area contributed by atoms with E-state index < -0.39 is 11.7 Å². The molecule has 102 valence electrons. The monoisotopic (exact) mass is 286 g/mol. The van der Waals surface area contributed by atoms with Gasteiger partial charge in [0.05, 0.1) is 12.1 Å². The van der Waals surface area contributed by atoms with E-state index in [0.717, 1.165) is 29.8 Å². The Morgan fingerprint density at radius 2 is 1.84 bits per heavy atom. The van der Waals surface area contributed by atoms with Gasteiger partial charge in [-0.25, -0.2) is 0 Å². The summed E-state index contributed by atoms with van der Waals surface area (Å²) < 4.78 is 39.8. The van der Waals surface area contributed by atoms with Crippen LogP contribution in [0.25, 0.3) is 0 Å². The van der Waals surface area contributed by atoms with Crippen LogP contribution in [-0.4, -0.2) is 9.55 Å². The third-order valence-electron chi connectivity index (χ3n) is 2.94. The maximum absolute atomic E-state index is 12.5. The van der Waals surface area contributed by atoms with Crippen LogP contribution in [0.4, 0.5) is 13.2 Å². The molecule has 0 fully saturated rings. The Bertz CT molecular complexity index is 608. The molecule has 0 atom stereocenters. The maximum Gasteiger partial charge on any atom is 0.416 e. The van der Waals surface area contributed by atoms with E-state index in [1.165, 1.54) is 12.1 Å². The number of aromatic amines is 1. The average molecular weight is 286 g/mol. The summed E-state index contributed by atoms with van der Waals surface area (Å²) in [6, 6.07) is 5.16. The van der Waals surface area contributed by atoms with E-state index in [-0.39, 0.29) is 0 Å². The Hall–Kier alpha value is -1.56. The number of aromatic nitrogens is 2. The van der Waals surface area contributed by atoms with Gasteiger partial charge in [-0.1, -0.05) is 19.1 Å². The average Bonchev–Trinajstić information content (AvgIpc) is 2.70. The zero-order chi connectivity index (χ0) is 14.0. The van der Waals surface area contributed by atoms with Gasteiger partial charge < -0.3 is 9.55 Å². The van der Waals surface area contributed by atoms with E-state index in [1.54, 1.807) is 0 Å². The van der Waals surface area contributed by atoms with Gasteiger partial charge in [0.25, 0.3) is 0 Å². The van der Waals surface area contributed by atoms with Crippen molar-refractivity contribution in [2.75, 3.05) is 0 Å². The van der Waals surface area contributed by atoms with E-state index in [9.17, 15) is 13.2 Å². The van der Waals surface area contributed by atoms with Crippen molar-refractivity contribution < 1.29 is 13.2 Å². The molecule has 19 heavy (non-hydrogen) atoms. The summed E-state index contributed by atoms with van der Waals surface area (Å²) >= 11 is 5.15.